The van der Waals surface area contributed by atoms with Crippen molar-refractivity contribution in [3.05, 3.63) is 0 Å². The highest BCUT2D eigenvalue weighted by Crippen LogP contribution is 2.33. The van der Waals surface area contributed by atoms with Crippen molar-refractivity contribution in [3.8, 4) is 0 Å². The second kappa shape index (κ2) is 6.11. The smallest absolute Gasteiger partial charge is 0.329 e. The van der Waals surface area contributed by atoms with Crippen LogP contribution >= 0.6 is 0 Å². The second-order valence-corrected chi connectivity index (χ2v) is 8.26. The molecule has 116 valence electrons. The van der Waals surface area contributed by atoms with E-state index in [1.165, 1.54) is 20.9 Å². The lowest BCUT2D eigenvalue weighted by Crippen LogP contribution is -2.57. The van der Waals surface area contributed by atoms with Crippen molar-refractivity contribution in [1.29, 1.82) is 0 Å². The van der Waals surface area contributed by atoms with Gasteiger partial charge in [-0.1, -0.05) is 19.3 Å². The maximum atomic E-state index is 12.2. The van der Waals surface area contributed by atoms with Gasteiger partial charge in [0.1, 0.15) is 11.3 Å². The third kappa shape index (κ3) is 3.31. The van der Waals surface area contributed by atoms with E-state index in [2.05, 4.69) is 0 Å². The first kappa shape index (κ1) is 16.9. The van der Waals surface area contributed by atoms with E-state index in [9.17, 15) is 23.1 Å². The molecule has 0 aromatic rings. The summed E-state index contributed by atoms with van der Waals surface area (Å²) in [4.78, 5) is 24.9. The molecule has 0 radical (unpaired) electrons. The van der Waals surface area contributed by atoms with Gasteiger partial charge in [0, 0.05) is 7.05 Å². The molecule has 0 saturated heterocycles. The molecule has 6 nitrogen and oxygen atoms in total. The summed E-state index contributed by atoms with van der Waals surface area (Å²) < 4.78 is 23.6. The predicted octanol–water partition coefficient (Wildman–Crippen LogP) is 1.06. The number of hydrogen-bond donors (Lipinski definition) is 1. The predicted molar refractivity (Wildman–Crippen MR) is 75.1 cm³/mol. The molecular weight excluding hydrogens is 282 g/mol. The van der Waals surface area contributed by atoms with Gasteiger partial charge in [-0.2, -0.15) is 0 Å². The standard InChI is InChI=1S/C13H23NO5S/c1-10(2)20(18,19)9-11(15)14(3)13(12(16)17)7-5-4-6-8-13/h10H,4-9H2,1-3H3,(H,16,17). The fourth-order valence-electron chi connectivity index (χ4n) is 2.50. The highest BCUT2D eigenvalue weighted by Gasteiger charge is 2.46. The molecular formula is C13H23NO5S. The minimum atomic E-state index is -3.52. The summed E-state index contributed by atoms with van der Waals surface area (Å²) in [6, 6.07) is 0. The number of hydrogen-bond acceptors (Lipinski definition) is 4. The molecule has 1 amide bonds. The zero-order chi connectivity index (χ0) is 15.6. The molecule has 0 atom stereocenters. The molecule has 0 heterocycles. The molecule has 7 heteroatoms. The van der Waals surface area contributed by atoms with Gasteiger partial charge in [0.15, 0.2) is 9.84 Å². The minimum absolute atomic E-state index is 0.381. The fourth-order valence-corrected chi connectivity index (χ4v) is 3.37. The number of carboxylic acid groups (broad SMARTS) is 1. The summed E-state index contributed by atoms with van der Waals surface area (Å²) in [7, 11) is -2.12. The number of rotatable bonds is 5. The maximum absolute atomic E-state index is 12.2. The van der Waals surface area contributed by atoms with Crippen molar-refractivity contribution >= 4 is 21.7 Å². The Labute approximate surface area is 120 Å². The molecule has 1 aliphatic carbocycles. The highest BCUT2D eigenvalue weighted by atomic mass is 32.2. The van der Waals surface area contributed by atoms with Crippen LogP contribution in [-0.4, -0.2) is 53.9 Å². The number of amides is 1. The molecule has 0 spiro atoms. The third-order valence-electron chi connectivity index (χ3n) is 4.14. The lowest BCUT2D eigenvalue weighted by atomic mass is 9.80. The van der Waals surface area contributed by atoms with Gasteiger partial charge in [0.05, 0.1) is 5.25 Å². The van der Waals surface area contributed by atoms with Gasteiger partial charge in [-0.25, -0.2) is 13.2 Å². The first-order valence-corrected chi connectivity index (χ1v) is 8.56. The number of carbonyl (C=O) groups excluding carboxylic acids is 1. The van der Waals surface area contributed by atoms with Crippen LogP contribution in [0.4, 0.5) is 0 Å². The molecule has 1 N–H and O–H groups in total. The van der Waals surface area contributed by atoms with Gasteiger partial charge in [-0.15, -0.1) is 0 Å². The SMILES string of the molecule is CC(C)S(=O)(=O)CC(=O)N(C)C1(C(=O)O)CCCCC1. The molecule has 20 heavy (non-hydrogen) atoms. The highest BCUT2D eigenvalue weighted by molar-refractivity contribution is 7.92. The van der Waals surface area contributed by atoms with Crippen molar-refractivity contribution in [2.24, 2.45) is 0 Å². The summed E-state index contributed by atoms with van der Waals surface area (Å²) >= 11 is 0. The van der Waals surface area contributed by atoms with Crippen LogP contribution in [0, 0.1) is 0 Å². The molecule has 0 aromatic heterocycles. The summed E-state index contributed by atoms with van der Waals surface area (Å²) in [5, 5.41) is 8.83. The number of carbonyl (C=O) groups is 2. The summed E-state index contributed by atoms with van der Waals surface area (Å²) in [6.07, 6.45) is 3.18. The Morgan fingerprint density at radius 1 is 1.20 bits per heavy atom. The summed E-state index contributed by atoms with van der Waals surface area (Å²) in [6.45, 7) is 3.02. The lowest BCUT2D eigenvalue weighted by Gasteiger charge is -2.41. The number of aliphatic carboxylic acids is 1. The largest absolute Gasteiger partial charge is 0.479 e. The first-order valence-electron chi connectivity index (χ1n) is 6.85. The van der Waals surface area contributed by atoms with E-state index in [1.54, 1.807) is 0 Å². The van der Waals surface area contributed by atoms with Crippen LogP contribution in [0.15, 0.2) is 0 Å². The maximum Gasteiger partial charge on any atom is 0.329 e. The molecule has 0 unspecified atom stereocenters. The van der Waals surface area contributed by atoms with Gasteiger partial charge in [0.25, 0.3) is 0 Å². The number of carboxylic acids is 1. The molecule has 0 aliphatic heterocycles. The average molecular weight is 305 g/mol. The van der Waals surface area contributed by atoms with E-state index in [0.717, 1.165) is 24.2 Å². The van der Waals surface area contributed by atoms with Crippen LogP contribution in [0.3, 0.4) is 0 Å². The summed E-state index contributed by atoms with van der Waals surface area (Å²) in [5.74, 6) is -2.31. The third-order valence-corrected chi connectivity index (χ3v) is 6.22. The normalized spacial score (nSPS) is 18.8. The van der Waals surface area contributed by atoms with Crippen molar-refractivity contribution in [3.63, 3.8) is 0 Å². The lowest BCUT2D eigenvalue weighted by molar-refractivity contribution is -0.159. The molecule has 0 bridgehead atoms. The van der Waals surface area contributed by atoms with Crippen LogP contribution in [0.5, 0.6) is 0 Å². The number of likely N-dealkylation sites (N-methyl/N-ethyl adjacent to an activating group) is 1. The Morgan fingerprint density at radius 3 is 2.10 bits per heavy atom. The average Bonchev–Trinajstić information content (AvgIpc) is 2.37. The molecule has 1 fully saturated rings. The van der Waals surface area contributed by atoms with E-state index in [-0.39, 0.29) is 0 Å². The van der Waals surface area contributed by atoms with Gasteiger partial charge in [0.2, 0.25) is 5.91 Å². The monoisotopic (exact) mass is 305 g/mol. The van der Waals surface area contributed by atoms with Crippen LogP contribution in [0.1, 0.15) is 46.0 Å². The van der Waals surface area contributed by atoms with E-state index in [1.807, 2.05) is 0 Å². The Morgan fingerprint density at radius 2 is 1.70 bits per heavy atom. The molecule has 0 aromatic carbocycles. The van der Waals surface area contributed by atoms with Gasteiger partial charge >= 0.3 is 5.97 Å². The molecule has 1 saturated carbocycles. The topological polar surface area (TPSA) is 91.8 Å². The van der Waals surface area contributed by atoms with Crippen molar-refractivity contribution in [2.45, 2.75) is 56.7 Å². The quantitative estimate of drug-likeness (QED) is 0.820. The Hall–Kier alpha value is -1.11. The molecule has 1 aliphatic rings. The first-order chi connectivity index (χ1) is 9.13. The van der Waals surface area contributed by atoms with Crippen LogP contribution < -0.4 is 0 Å². The Balaban J connectivity index is 2.94. The van der Waals surface area contributed by atoms with E-state index in [0.29, 0.717) is 12.8 Å². The van der Waals surface area contributed by atoms with Gasteiger partial charge < -0.3 is 10.0 Å². The van der Waals surface area contributed by atoms with Crippen LogP contribution in [0.25, 0.3) is 0 Å². The van der Waals surface area contributed by atoms with Gasteiger partial charge in [-0.3, -0.25) is 4.79 Å². The zero-order valence-electron chi connectivity index (χ0n) is 12.3. The Bertz CT molecular complexity index is 477. The van der Waals surface area contributed by atoms with E-state index in [4.69, 9.17) is 0 Å². The minimum Gasteiger partial charge on any atom is -0.479 e. The summed E-state index contributed by atoms with van der Waals surface area (Å²) in [5.41, 5.74) is -1.25. The number of nitrogens with zero attached hydrogens (tertiary/aromatic N) is 1. The number of sulfone groups is 1. The van der Waals surface area contributed by atoms with Gasteiger partial charge in [-0.05, 0) is 26.7 Å². The molecule has 1 rings (SSSR count). The van der Waals surface area contributed by atoms with Crippen molar-refractivity contribution in [1.82, 2.24) is 4.90 Å². The van der Waals surface area contributed by atoms with E-state index < -0.39 is 38.3 Å². The van der Waals surface area contributed by atoms with Crippen molar-refractivity contribution in [2.75, 3.05) is 12.8 Å². The van der Waals surface area contributed by atoms with Crippen LogP contribution in [0.2, 0.25) is 0 Å². The second-order valence-electron chi connectivity index (χ2n) is 5.71. The van der Waals surface area contributed by atoms with E-state index >= 15 is 0 Å². The fraction of sp³-hybridized carbons (Fsp3) is 0.846. The van der Waals surface area contributed by atoms with Crippen LogP contribution in [-0.2, 0) is 19.4 Å². The Kier molecular flexibility index (Phi) is 5.18. The van der Waals surface area contributed by atoms with Crippen molar-refractivity contribution < 1.29 is 23.1 Å². The zero-order valence-corrected chi connectivity index (χ0v) is 13.1.